The Morgan fingerprint density at radius 1 is 1.59 bits per heavy atom. The van der Waals surface area contributed by atoms with Crippen LogP contribution in [0.15, 0.2) is 12.7 Å². The van der Waals surface area contributed by atoms with Crippen LogP contribution in [0.25, 0.3) is 0 Å². The maximum atomic E-state index is 11.1. The van der Waals surface area contributed by atoms with Crippen molar-refractivity contribution in [3.8, 4) is 0 Å². The first-order valence-corrected chi connectivity index (χ1v) is 6.14. The summed E-state index contributed by atoms with van der Waals surface area (Å²) in [7, 11) is 0. The molecule has 0 aliphatic heterocycles. The zero-order valence-electron chi connectivity index (χ0n) is 10.4. The maximum Gasteiger partial charge on any atom is 0.335 e. The average Bonchev–Trinajstić information content (AvgIpc) is 2.27. The number of carboxylic acids is 1. The Morgan fingerprint density at radius 3 is 2.82 bits per heavy atom. The van der Waals surface area contributed by atoms with Crippen molar-refractivity contribution in [2.75, 3.05) is 6.61 Å². The Hall–Kier alpha value is -0.870. The van der Waals surface area contributed by atoms with Crippen molar-refractivity contribution < 1.29 is 19.7 Å². The number of aliphatic carboxylic acids is 1. The summed E-state index contributed by atoms with van der Waals surface area (Å²) in [5, 5.41) is 18.7. The highest BCUT2D eigenvalue weighted by Gasteiger charge is 2.34. The fraction of sp³-hybridized carbons (Fsp3) is 0.769. The number of hydrogen-bond donors (Lipinski definition) is 2. The smallest absolute Gasteiger partial charge is 0.335 e. The van der Waals surface area contributed by atoms with E-state index >= 15 is 0 Å². The SMILES string of the molecule is C=CCC(C)(OCC1CCC[C@H](O)C1)C(=O)O. The van der Waals surface area contributed by atoms with E-state index in [4.69, 9.17) is 9.84 Å². The fourth-order valence-corrected chi connectivity index (χ4v) is 2.20. The Kier molecular flexibility index (Phi) is 5.15. The summed E-state index contributed by atoms with van der Waals surface area (Å²) >= 11 is 0. The third-order valence-corrected chi connectivity index (χ3v) is 3.38. The molecule has 1 aliphatic carbocycles. The summed E-state index contributed by atoms with van der Waals surface area (Å²) < 4.78 is 5.54. The molecule has 0 aromatic carbocycles. The second-order valence-electron chi connectivity index (χ2n) is 5.03. The predicted molar refractivity (Wildman–Crippen MR) is 64.8 cm³/mol. The molecular weight excluding hydrogens is 220 g/mol. The van der Waals surface area contributed by atoms with Gasteiger partial charge >= 0.3 is 5.97 Å². The summed E-state index contributed by atoms with van der Waals surface area (Å²) in [6, 6.07) is 0. The molecule has 0 saturated heterocycles. The van der Waals surface area contributed by atoms with Crippen molar-refractivity contribution in [2.45, 2.75) is 50.7 Å². The molecular formula is C13H22O4. The van der Waals surface area contributed by atoms with Gasteiger partial charge in [0.2, 0.25) is 0 Å². The van der Waals surface area contributed by atoms with Gasteiger partial charge in [0.1, 0.15) is 0 Å². The Labute approximate surface area is 102 Å². The van der Waals surface area contributed by atoms with E-state index in [0.717, 1.165) is 19.3 Å². The summed E-state index contributed by atoms with van der Waals surface area (Å²) in [6.45, 7) is 5.51. The molecule has 1 aliphatic rings. The molecule has 0 bridgehead atoms. The number of ether oxygens (including phenoxy) is 1. The summed E-state index contributed by atoms with van der Waals surface area (Å²) in [6.07, 6.45) is 5.14. The molecule has 98 valence electrons. The minimum absolute atomic E-state index is 0.257. The Bertz CT molecular complexity index is 277. The quantitative estimate of drug-likeness (QED) is 0.699. The average molecular weight is 242 g/mol. The lowest BCUT2D eigenvalue weighted by Gasteiger charge is -2.30. The minimum atomic E-state index is -1.19. The van der Waals surface area contributed by atoms with Gasteiger partial charge in [0, 0.05) is 6.42 Å². The predicted octanol–water partition coefficient (Wildman–Crippen LogP) is 1.97. The third kappa shape index (κ3) is 4.13. The molecule has 1 rings (SSSR count). The van der Waals surface area contributed by atoms with Crippen molar-refractivity contribution >= 4 is 5.97 Å². The summed E-state index contributed by atoms with van der Waals surface area (Å²) in [5.74, 6) is -0.698. The van der Waals surface area contributed by atoms with Crippen LogP contribution in [0.4, 0.5) is 0 Å². The van der Waals surface area contributed by atoms with Crippen molar-refractivity contribution in [2.24, 2.45) is 5.92 Å². The van der Waals surface area contributed by atoms with E-state index in [2.05, 4.69) is 6.58 Å². The monoisotopic (exact) mass is 242 g/mol. The van der Waals surface area contributed by atoms with Gasteiger partial charge in [0.25, 0.3) is 0 Å². The van der Waals surface area contributed by atoms with Gasteiger partial charge in [-0.15, -0.1) is 6.58 Å². The van der Waals surface area contributed by atoms with Crippen molar-refractivity contribution in [3.63, 3.8) is 0 Å². The molecule has 0 radical (unpaired) electrons. The normalized spacial score (nSPS) is 28.4. The van der Waals surface area contributed by atoms with Gasteiger partial charge in [0.05, 0.1) is 12.7 Å². The van der Waals surface area contributed by atoms with E-state index in [1.54, 1.807) is 13.0 Å². The standard InChI is InChI=1S/C13H22O4/c1-3-7-13(2,12(15)16)17-9-10-5-4-6-11(14)8-10/h3,10-11,14H,1,4-9H2,2H3,(H,15,16)/t10?,11-,13?/m0/s1. The van der Waals surface area contributed by atoms with Crippen LogP contribution in [-0.4, -0.2) is 34.5 Å². The highest BCUT2D eigenvalue weighted by molar-refractivity contribution is 5.77. The van der Waals surface area contributed by atoms with Gasteiger partial charge in [-0.05, 0) is 32.1 Å². The van der Waals surface area contributed by atoms with Gasteiger partial charge in [-0.3, -0.25) is 0 Å². The highest BCUT2D eigenvalue weighted by Crippen LogP contribution is 2.27. The van der Waals surface area contributed by atoms with Gasteiger partial charge in [-0.25, -0.2) is 4.79 Å². The number of aliphatic hydroxyl groups excluding tert-OH is 1. The lowest BCUT2D eigenvalue weighted by molar-refractivity contribution is -0.165. The molecule has 4 nitrogen and oxygen atoms in total. The van der Waals surface area contributed by atoms with Crippen LogP contribution < -0.4 is 0 Å². The summed E-state index contributed by atoms with van der Waals surface area (Å²) in [4.78, 5) is 11.1. The van der Waals surface area contributed by atoms with Crippen LogP contribution in [0, 0.1) is 5.92 Å². The number of aliphatic hydroxyl groups is 1. The molecule has 17 heavy (non-hydrogen) atoms. The van der Waals surface area contributed by atoms with Gasteiger partial charge in [-0.1, -0.05) is 12.5 Å². The number of rotatable bonds is 6. The first-order valence-electron chi connectivity index (χ1n) is 6.14. The third-order valence-electron chi connectivity index (χ3n) is 3.38. The van der Waals surface area contributed by atoms with E-state index in [-0.39, 0.29) is 18.4 Å². The molecule has 1 fully saturated rings. The van der Waals surface area contributed by atoms with Gasteiger partial charge < -0.3 is 14.9 Å². The molecule has 2 N–H and O–H groups in total. The maximum absolute atomic E-state index is 11.1. The molecule has 3 atom stereocenters. The zero-order valence-corrected chi connectivity index (χ0v) is 10.4. The highest BCUT2D eigenvalue weighted by atomic mass is 16.5. The molecule has 0 heterocycles. The van der Waals surface area contributed by atoms with Crippen molar-refractivity contribution in [3.05, 3.63) is 12.7 Å². The van der Waals surface area contributed by atoms with Gasteiger partial charge in [-0.2, -0.15) is 0 Å². The van der Waals surface area contributed by atoms with Crippen molar-refractivity contribution in [1.82, 2.24) is 0 Å². The van der Waals surface area contributed by atoms with Crippen molar-refractivity contribution in [1.29, 1.82) is 0 Å². The second kappa shape index (κ2) is 6.17. The van der Waals surface area contributed by atoms with Crippen LogP contribution in [0.2, 0.25) is 0 Å². The molecule has 0 spiro atoms. The largest absolute Gasteiger partial charge is 0.479 e. The van der Waals surface area contributed by atoms with Crippen LogP contribution in [0.5, 0.6) is 0 Å². The molecule has 4 heteroatoms. The van der Waals surface area contributed by atoms with Crippen LogP contribution in [0.1, 0.15) is 39.0 Å². The molecule has 2 unspecified atom stereocenters. The lowest BCUT2D eigenvalue weighted by atomic mass is 9.87. The first-order chi connectivity index (χ1) is 7.98. The van der Waals surface area contributed by atoms with E-state index in [9.17, 15) is 9.90 Å². The first kappa shape index (κ1) is 14.2. The van der Waals surface area contributed by atoms with E-state index in [0.29, 0.717) is 13.0 Å². The number of carboxylic acid groups (broad SMARTS) is 1. The molecule has 0 aromatic heterocycles. The van der Waals surface area contributed by atoms with Gasteiger partial charge in [0.15, 0.2) is 5.60 Å². The fourth-order valence-electron chi connectivity index (χ4n) is 2.20. The number of hydrogen-bond acceptors (Lipinski definition) is 3. The van der Waals surface area contributed by atoms with Crippen LogP contribution in [-0.2, 0) is 9.53 Å². The van der Waals surface area contributed by atoms with Crippen LogP contribution >= 0.6 is 0 Å². The second-order valence-corrected chi connectivity index (χ2v) is 5.03. The Morgan fingerprint density at radius 2 is 2.29 bits per heavy atom. The molecule has 1 saturated carbocycles. The summed E-state index contributed by atoms with van der Waals surface area (Å²) in [5.41, 5.74) is -1.19. The van der Waals surface area contributed by atoms with E-state index < -0.39 is 11.6 Å². The molecule has 0 aromatic rings. The zero-order chi connectivity index (χ0) is 12.9. The van der Waals surface area contributed by atoms with E-state index in [1.165, 1.54) is 0 Å². The van der Waals surface area contributed by atoms with Crippen LogP contribution in [0.3, 0.4) is 0 Å². The number of carbonyl (C=O) groups is 1. The topological polar surface area (TPSA) is 66.8 Å². The lowest BCUT2D eigenvalue weighted by Crippen LogP contribution is -2.40. The minimum Gasteiger partial charge on any atom is -0.479 e. The molecule has 0 amide bonds. The van der Waals surface area contributed by atoms with E-state index in [1.807, 2.05) is 0 Å². The Balaban J connectivity index is 2.46.